The first kappa shape index (κ1) is 12.1. The highest BCUT2D eigenvalue weighted by Gasteiger charge is 1.99. The van der Waals surface area contributed by atoms with Crippen LogP contribution in [-0.4, -0.2) is 28.5 Å². The van der Waals surface area contributed by atoms with E-state index >= 15 is 0 Å². The molecule has 0 aromatic heterocycles. The maximum absolute atomic E-state index is 5.66. The molecule has 12 heavy (non-hydrogen) atoms. The van der Waals surface area contributed by atoms with Crippen LogP contribution in [0.2, 0.25) is 6.04 Å². The molecule has 0 amide bonds. The molecule has 0 bridgehead atoms. The van der Waals surface area contributed by atoms with E-state index in [1.807, 2.05) is 0 Å². The molecule has 0 aliphatic rings. The molecule has 0 fully saturated rings. The zero-order valence-corrected chi connectivity index (χ0v) is 9.67. The lowest BCUT2D eigenvalue weighted by Gasteiger charge is -2.09. The molecule has 0 aromatic carbocycles. The fourth-order valence-corrected chi connectivity index (χ4v) is 2.08. The molecule has 1 atom stereocenters. The Hall–Kier alpha value is 0.0969. The molecule has 0 aromatic rings. The Morgan fingerprint density at radius 1 is 1.42 bits per heavy atom. The fraction of sp³-hybridized carbons (Fsp3) is 1.00. The van der Waals surface area contributed by atoms with E-state index in [0.29, 0.717) is 12.6 Å². The van der Waals surface area contributed by atoms with Gasteiger partial charge < -0.3 is 15.9 Å². The highest BCUT2D eigenvalue weighted by molar-refractivity contribution is 6.27. The maximum atomic E-state index is 5.66. The zero-order valence-electron chi connectivity index (χ0n) is 8.25. The lowest BCUT2D eigenvalue weighted by Crippen LogP contribution is -2.29. The Balaban J connectivity index is 3.00. The van der Waals surface area contributed by atoms with Crippen LogP contribution in [0.4, 0.5) is 0 Å². The predicted molar refractivity (Wildman–Crippen MR) is 55.8 cm³/mol. The summed E-state index contributed by atoms with van der Waals surface area (Å²) < 4.78 is 5.52. The second-order valence-electron chi connectivity index (χ2n) is 3.41. The summed E-state index contributed by atoms with van der Waals surface area (Å²) >= 11 is 0. The van der Waals surface area contributed by atoms with E-state index in [1.54, 1.807) is 0 Å². The third-order valence-corrected chi connectivity index (χ3v) is 3.41. The molecule has 0 radical (unpaired) electrons. The smallest absolute Gasteiger partial charge is 0.161 e. The molecule has 4 heteroatoms. The Kier molecular flexibility index (Phi) is 7.79. The second kappa shape index (κ2) is 7.73. The molecule has 0 aliphatic carbocycles. The first-order valence-corrected chi connectivity index (χ1v) is 6.31. The average molecular weight is 190 g/mol. The Morgan fingerprint density at radius 3 is 2.58 bits per heavy atom. The third-order valence-electron chi connectivity index (χ3n) is 1.72. The summed E-state index contributed by atoms with van der Waals surface area (Å²) in [5, 5.41) is 0. The molecule has 0 aliphatic heterocycles. The Morgan fingerprint density at radius 2 is 2.08 bits per heavy atom. The van der Waals surface area contributed by atoms with Gasteiger partial charge in [-0.25, -0.2) is 0 Å². The minimum absolute atomic E-state index is 0.193. The lowest BCUT2D eigenvalue weighted by molar-refractivity contribution is 0.254. The van der Waals surface area contributed by atoms with Gasteiger partial charge >= 0.3 is 0 Å². The molecular formula is C8H22N2OSi. The summed E-state index contributed by atoms with van der Waals surface area (Å²) in [7, 11) is -0.283. The Bertz CT molecular complexity index is 101. The standard InChI is InChI=1S/C8H22N2OSi/c1-7(2)11-12-5-3-4-8(10)6-9/h7-8H,3-6,9-10,12H2,1-2H3. The first-order chi connectivity index (χ1) is 5.66. The summed E-state index contributed by atoms with van der Waals surface area (Å²) in [5.41, 5.74) is 11.1. The van der Waals surface area contributed by atoms with Crippen molar-refractivity contribution in [2.45, 2.75) is 44.9 Å². The molecular weight excluding hydrogens is 168 g/mol. The summed E-state index contributed by atoms with van der Waals surface area (Å²) in [4.78, 5) is 0. The molecule has 3 nitrogen and oxygen atoms in total. The molecule has 0 heterocycles. The van der Waals surface area contributed by atoms with Crippen LogP contribution in [0, 0.1) is 0 Å². The van der Waals surface area contributed by atoms with Gasteiger partial charge in [0.05, 0.1) is 0 Å². The lowest BCUT2D eigenvalue weighted by atomic mass is 10.2. The van der Waals surface area contributed by atoms with Gasteiger partial charge in [0.15, 0.2) is 9.76 Å². The van der Waals surface area contributed by atoms with Crippen LogP contribution >= 0.6 is 0 Å². The molecule has 4 N–H and O–H groups in total. The minimum atomic E-state index is -0.283. The number of rotatable bonds is 7. The van der Waals surface area contributed by atoms with Crippen LogP contribution in [0.25, 0.3) is 0 Å². The van der Waals surface area contributed by atoms with Crippen LogP contribution in [0.5, 0.6) is 0 Å². The van der Waals surface area contributed by atoms with E-state index in [2.05, 4.69) is 13.8 Å². The van der Waals surface area contributed by atoms with E-state index in [0.717, 1.165) is 6.42 Å². The average Bonchev–Trinajstić information content (AvgIpc) is 2.03. The molecule has 0 saturated heterocycles. The largest absolute Gasteiger partial charge is 0.422 e. The minimum Gasteiger partial charge on any atom is -0.422 e. The third kappa shape index (κ3) is 8.20. The fourth-order valence-electron chi connectivity index (χ4n) is 0.945. The van der Waals surface area contributed by atoms with Crippen LogP contribution < -0.4 is 11.5 Å². The monoisotopic (exact) mass is 190 g/mol. The van der Waals surface area contributed by atoms with Crippen molar-refractivity contribution < 1.29 is 4.43 Å². The van der Waals surface area contributed by atoms with Gasteiger partial charge in [0, 0.05) is 18.7 Å². The van der Waals surface area contributed by atoms with Gasteiger partial charge in [0.1, 0.15) is 0 Å². The van der Waals surface area contributed by atoms with Crippen molar-refractivity contribution in [3.05, 3.63) is 0 Å². The van der Waals surface area contributed by atoms with E-state index in [1.165, 1.54) is 12.5 Å². The van der Waals surface area contributed by atoms with Crippen molar-refractivity contribution >= 4 is 9.76 Å². The highest BCUT2D eigenvalue weighted by atomic mass is 28.2. The van der Waals surface area contributed by atoms with E-state index in [-0.39, 0.29) is 15.8 Å². The van der Waals surface area contributed by atoms with Gasteiger partial charge in [0.25, 0.3) is 0 Å². The molecule has 74 valence electrons. The van der Waals surface area contributed by atoms with Crippen molar-refractivity contribution in [2.24, 2.45) is 11.5 Å². The predicted octanol–water partition coefficient (Wildman–Crippen LogP) is -0.0203. The summed E-state index contributed by atoms with van der Waals surface area (Å²) in [5.74, 6) is 0. The topological polar surface area (TPSA) is 61.3 Å². The van der Waals surface area contributed by atoms with E-state index < -0.39 is 0 Å². The van der Waals surface area contributed by atoms with Crippen molar-refractivity contribution in [1.29, 1.82) is 0 Å². The van der Waals surface area contributed by atoms with Crippen molar-refractivity contribution in [2.75, 3.05) is 6.54 Å². The molecule has 0 saturated carbocycles. The molecule has 0 spiro atoms. The maximum Gasteiger partial charge on any atom is 0.161 e. The normalized spacial score (nSPS) is 14.8. The van der Waals surface area contributed by atoms with E-state index in [9.17, 15) is 0 Å². The number of nitrogens with two attached hydrogens (primary N) is 2. The van der Waals surface area contributed by atoms with Crippen LogP contribution in [0.15, 0.2) is 0 Å². The van der Waals surface area contributed by atoms with Crippen molar-refractivity contribution in [3.63, 3.8) is 0 Å². The first-order valence-electron chi connectivity index (χ1n) is 4.74. The number of hydrogen-bond donors (Lipinski definition) is 2. The van der Waals surface area contributed by atoms with Crippen LogP contribution in [-0.2, 0) is 4.43 Å². The van der Waals surface area contributed by atoms with Gasteiger partial charge in [-0.3, -0.25) is 0 Å². The second-order valence-corrected chi connectivity index (χ2v) is 4.86. The highest BCUT2D eigenvalue weighted by Crippen LogP contribution is 1.99. The molecule has 1 unspecified atom stereocenters. The van der Waals surface area contributed by atoms with Crippen LogP contribution in [0.3, 0.4) is 0 Å². The number of hydrogen-bond acceptors (Lipinski definition) is 3. The van der Waals surface area contributed by atoms with Gasteiger partial charge in [-0.05, 0) is 26.3 Å². The molecule has 0 rings (SSSR count). The van der Waals surface area contributed by atoms with Crippen LogP contribution in [0.1, 0.15) is 26.7 Å². The van der Waals surface area contributed by atoms with Gasteiger partial charge in [-0.2, -0.15) is 0 Å². The SMILES string of the molecule is CC(C)O[SiH2]CCCC(N)CN. The van der Waals surface area contributed by atoms with Crippen molar-refractivity contribution in [1.82, 2.24) is 0 Å². The quantitative estimate of drug-likeness (QED) is 0.438. The summed E-state index contributed by atoms with van der Waals surface area (Å²) in [6, 6.07) is 1.42. The van der Waals surface area contributed by atoms with E-state index in [4.69, 9.17) is 15.9 Å². The summed E-state index contributed by atoms with van der Waals surface area (Å²) in [6.07, 6.45) is 2.63. The van der Waals surface area contributed by atoms with Gasteiger partial charge in [0.2, 0.25) is 0 Å². The zero-order chi connectivity index (χ0) is 9.40. The van der Waals surface area contributed by atoms with Gasteiger partial charge in [-0.15, -0.1) is 0 Å². The van der Waals surface area contributed by atoms with Gasteiger partial charge in [-0.1, -0.05) is 6.42 Å². The summed E-state index contributed by atoms with van der Waals surface area (Å²) in [6.45, 7) is 4.77. The Labute approximate surface area is 77.8 Å². The van der Waals surface area contributed by atoms with Crippen molar-refractivity contribution in [3.8, 4) is 0 Å².